The van der Waals surface area contributed by atoms with E-state index in [9.17, 15) is 14.7 Å². The van der Waals surface area contributed by atoms with Gasteiger partial charge in [-0.05, 0) is 32.6 Å². The van der Waals surface area contributed by atoms with Crippen LogP contribution in [0.2, 0.25) is 0 Å². The third kappa shape index (κ3) is 3.15. The van der Waals surface area contributed by atoms with E-state index < -0.39 is 12.0 Å². The van der Waals surface area contributed by atoms with E-state index in [1.807, 2.05) is 4.90 Å². The first-order valence-corrected chi connectivity index (χ1v) is 9.01. The van der Waals surface area contributed by atoms with E-state index in [4.69, 9.17) is 0 Å². The van der Waals surface area contributed by atoms with Crippen molar-refractivity contribution in [1.82, 2.24) is 9.80 Å². The molecule has 4 atom stereocenters. The number of thioether (sulfide) groups is 1. The average molecular weight is 314 g/mol. The van der Waals surface area contributed by atoms with Gasteiger partial charge in [0.2, 0.25) is 0 Å². The van der Waals surface area contributed by atoms with Crippen LogP contribution in [0.1, 0.15) is 52.9 Å². The number of carboxylic acids is 1. The molecule has 0 bridgehead atoms. The lowest BCUT2D eigenvalue weighted by molar-refractivity contribution is -0.141. The Bertz CT molecular complexity index is 404. The third-order valence-electron chi connectivity index (χ3n) is 4.61. The number of hydrogen-bond acceptors (Lipinski definition) is 3. The fraction of sp³-hybridized carbons (Fsp3) is 0.867. The molecular formula is C15H26N2O3S. The normalized spacial score (nSPS) is 32.7. The van der Waals surface area contributed by atoms with Gasteiger partial charge in [0.05, 0.1) is 5.37 Å². The van der Waals surface area contributed by atoms with Crippen molar-refractivity contribution in [3.8, 4) is 0 Å². The van der Waals surface area contributed by atoms with Crippen molar-refractivity contribution in [2.45, 2.75) is 76.4 Å². The van der Waals surface area contributed by atoms with E-state index >= 15 is 0 Å². The number of carbonyl (C=O) groups excluding carboxylic acids is 1. The van der Waals surface area contributed by atoms with Gasteiger partial charge in [-0.25, -0.2) is 9.59 Å². The minimum absolute atomic E-state index is 0.00825. The van der Waals surface area contributed by atoms with E-state index in [1.54, 1.807) is 16.7 Å². The Morgan fingerprint density at radius 3 is 2.52 bits per heavy atom. The van der Waals surface area contributed by atoms with Gasteiger partial charge in [-0.15, -0.1) is 11.8 Å². The Balaban J connectivity index is 2.21. The SMILES string of the molecule is CCCC1SCC(C(=O)O)N1C(=O)N1C(C)CCC1CC. The van der Waals surface area contributed by atoms with Crippen LogP contribution in [-0.2, 0) is 4.79 Å². The molecule has 0 radical (unpaired) electrons. The Kier molecular flexibility index (Phi) is 5.41. The second-order valence-corrected chi connectivity index (χ2v) is 7.23. The van der Waals surface area contributed by atoms with Gasteiger partial charge < -0.3 is 10.0 Å². The van der Waals surface area contributed by atoms with E-state index in [-0.39, 0.29) is 23.5 Å². The number of rotatable bonds is 4. The first-order valence-electron chi connectivity index (χ1n) is 7.96. The minimum atomic E-state index is -0.880. The monoisotopic (exact) mass is 314 g/mol. The predicted molar refractivity (Wildman–Crippen MR) is 84.4 cm³/mol. The number of amides is 2. The molecule has 21 heavy (non-hydrogen) atoms. The zero-order valence-electron chi connectivity index (χ0n) is 13.1. The maximum absolute atomic E-state index is 13.0. The molecule has 5 nitrogen and oxygen atoms in total. The highest BCUT2D eigenvalue weighted by molar-refractivity contribution is 8.00. The van der Waals surface area contributed by atoms with Gasteiger partial charge in [0, 0.05) is 17.8 Å². The molecule has 6 heteroatoms. The number of nitrogens with zero attached hydrogens (tertiary/aromatic N) is 2. The molecule has 1 N–H and O–H groups in total. The minimum Gasteiger partial charge on any atom is -0.480 e. The van der Waals surface area contributed by atoms with Crippen molar-refractivity contribution < 1.29 is 14.7 Å². The lowest BCUT2D eigenvalue weighted by Crippen LogP contribution is -2.54. The molecule has 2 fully saturated rings. The molecule has 0 aromatic carbocycles. The molecule has 2 heterocycles. The van der Waals surface area contributed by atoms with Crippen molar-refractivity contribution in [1.29, 1.82) is 0 Å². The quantitative estimate of drug-likeness (QED) is 0.866. The molecule has 0 aromatic rings. The second-order valence-electron chi connectivity index (χ2n) is 6.02. The molecule has 0 saturated carbocycles. The second kappa shape index (κ2) is 6.90. The number of carbonyl (C=O) groups is 2. The predicted octanol–water partition coefficient (Wildman–Crippen LogP) is 3.00. The van der Waals surface area contributed by atoms with Crippen LogP contribution in [0.25, 0.3) is 0 Å². The summed E-state index contributed by atoms with van der Waals surface area (Å²) >= 11 is 1.61. The van der Waals surface area contributed by atoms with Crippen molar-refractivity contribution in [3.63, 3.8) is 0 Å². The molecule has 2 saturated heterocycles. The van der Waals surface area contributed by atoms with Crippen LogP contribution in [0.3, 0.4) is 0 Å². The lowest BCUT2D eigenvalue weighted by Gasteiger charge is -2.36. The number of aliphatic carboxylic acids is 1. The largest absolute Gasteiger partial charge is 0.480 e. The summed E-state index contributed by atoms with van der Waals surface area (Å²) in [7, 11) is 0. The molecule has 0 spiro atoms. The first-order chi connectivity index (χ1) is 10.0. The zero-order valence-corrected chi connectivity index (χ0v) is 13.9. The Labute approximate surface area is 131 Å². The number of urea groups is 1. The number of carboxylic acid groups (broad SMARTS) is 1. The fourth-order valence-corrected chi connectivity index (χ4v) is 4.94. The van der Waals surface area contributed by atoms with Crippen LogP contribution in [0.5, 0.6) is 0 Å². The number of likely N-dealkylation sites (tertiary alicyclic amines) is 1. The van der Waals surface area contributed by atoms with Crippen LogP contribution in [-0.4, -0.2) is 56.2 Å². The van der Waals surface area contributed by atoms with Crippen LogP contribution < -0.4 is 0 Å². The maximum Gasteiger partial charge on any atom is 0.327 e. The Morgan fingerprint density at radius 1 is 1.24 bits per heavy atom. The van der Waals surface area contributed by atoms with Crippen molar-refractivity contribution in [2.24, 2.45) is 0 Å². The summed E-state index contributed by atoms with van der Waals surface area (Å²) in [5.74, 6) is -0.376. The smallest absolute Gasteiger partial charge is 0.327 e. The van der Waals surface area contributed by atoms with Gasteiger partial charge in [0.15, 0.2) is 0 Å². The van der Waals surface area contributed by atoms with Crippen LogP contribution >= 0.6 is 11.8 Å². The molecule has 0 aliphatic carbocycles. The highest BCUT2D eigenvalue weighted by atomic mass is 32.2. The zero-order chi connectivity index (χ0) is 15.6. The average Bonchev–Trinajstić information content (AvgIpc) is 3.02. The molecule has 2 rings (SSSR count). The summed E-state index contributed by atoms with van der Waals surface area (Å²) in [6.07, 6.45) is 4.80. The third-order valence-corrected chi connectivity index (χ3v) is 5.97. The van der Waals surface area contributed by atoms with Crippen LogP contribution in [0.15, 0.2) is 0 Å². The van der Waals surface area contributed by atoms with Gasteiger partial charge in [-0.1, -0.05) is 20.3 Å². The summed E-state index contributed by atoms with van der Waals surface area (Å²) in [5, 5.41) is 9.43. The van der Waals surface area contributed by atoms with Crippen molar-refractivity contribution >= 4 is 23.8 Å². The van der Waals surface area contributed by atoms with Crippen LogP contribution in [0.4, 0.5) is 4.79 Å². The van der Waals surface area contributed by atoms with E-state index in [0.29, 0.717) is 5.75 Å². The highest BCUT2D eigenvalue weighted by Crippen LogP contribution is 2.36. The highest BCUT2D eigenvalue weighted by Gasteiger charge is 2.45. The van der Waals surface area contributed by atoms with Gasteiger partial charge >= 0.3 is 12.0 Å². The molecule has 4 unspecified atom stereocenters. The van der Waals surface area contributed by atoms with Gasteiger partial charge in [-0.3, -0.25) is 4.90 Å². The molecular weight excluding hydrogens is 288 g/mol. The number of hydrogen-bond donors (Lipinski definition) is 1. The topological polar surface area (TPSA) is 60.9 Å². The summed E-state index contributed by atoms with van der Waals surface area (Å²) in [6, 6.07) is -0.272. The van der Waals surface area contributed by atoms with E-state index in [1.165, 1.54) is 0 Å². The van der Waals surface area contributed by atoms with Gasteiger partial charge in [0.25, 0.3) is 0 Å². The summed E-state index contributed by atoms with van der Waals surface area (Å²) in [5.41, 5.74) is 0. The Hall–Kier alpha value is -0.910. The standard InChI is InChI=1S/C15H26N2O3S/c1-4-6-13-17(12(9-21-13)14(18)19)15(20)16-10(3)7-8-11(16)5-2/h10-13H,4-9H2,1-3H3,(H,18,19). The van der Waals surface area contributed by atoms with Crippen LogP contribution in [0, 0.1) is 0 Å². The fourth-order valence-electron chi connectivity index (χ4n) is 3.43. The summed E-state index contributed by atoms with van der Waals surface area (Å²) in [6.45, 7) is 6.24. The van der Waals surface area contributed by atoms with Crippen molar-refractivity contribution in [2.75, 3.05) is 5.75 Å². The molecule has 120 valence electrons. The van der Waals surface area contributed by atoms with Gasteiger partial charge in [0.1, 0.15) is 6.04 Å². The molecule has 0 aromatic heterocycles. The summed E-state index contributed by atoms with van der Waals surface area (Å²) in [4.78, 5) is 28.1. The van der Waals surface area contributed by atoms with E-state index in [0.717, 1.165) is 32.1 Å². The summed E-state index contributed by atoms with van der Waals surface area (Å²) < 4.78 is 0. The van der Waals surface area contributed by atoms with Crippen molar-refractivity contribution in [3.05, 3.63) is 0 Å². The van der Waals surface area contributed by atoms with Gasteiger partial charge in [-0.2, -0.15) is 0 Å². The Morgan fingerprint density at radius 2 is 1.95 bits per heavy atom. The maximum atomic E-state index is 13.0. The first kappa shape index (κ1) is 16.5. The lowest BCUT2D eigenvalue weighted by atomic mass is 10.1. The van der Waals surface area contributed by atoms with E-state index in [2.05, 4.69) is 20.8 Å². The molecule has 2 aliphatic rings. The molecule has 2 amide bonds. The molecule has 2 aliphatic heterocycles.